The second-order valence-corrected chi connectivity index (χ2v) is 7.10. The van der Waals surface area contributed by atoms with Crippen molar-refractivity contribution in [2.24, 2.45) is 0 Å². The molecule has 2 fully saturated rings. The fourth-order valence-electron chi connectivity index (χ4n) is 3.76. The van der Waals surface area contributed by atoms with E-state index < -0.39 is 4.92 Å². The summed E-state index contributed by atoms with van der Waals surface area (Å²) >= 11 is 1.12. The van der Waals surface area contributed by atoms with Gasteiger partial charge >= 0.3 is 5.00 Å². The molecule has 120 valence electrons. The van der Waals surface area contributed by atoms with Gasteiger partial charge in [0.25, 0.3) is 0 Å². The van der Waals surface area contributed by atoms with Crippen LogP contribution in [0.25, 0.3) is 0 Å². The maximum Gasteiger partial charge on any atom is 0.345 e. The van der Waals surface area contributed by atoms with E-state index in [4.69, 9.17) is 0 Å². The van der Waals surface area contributed by atoms with Crippen LogP contribution in [0, 0.1) is 10.1 Å². The highest BCUT2D eigenvalue weighted by Gasteiger charge is 2.44. The van der Waals surface area contributed by atoms with Gasteiger partial charge < -0.3 is 9.80 Å². The third-order valence-electron chi connectivity index (χ3n) is 4.75. The van der Waals surface area contributed by atoms with Gasteiger partial charge in [0.05, 0.1) is 10.5 Å². The molecule has 0 aromatic carbocycles. The van der Waals surface area contributed by atoms with Crippen molar-refractivity contribution in [3.05, 3.63) is 16.3 Å². The molecule has 1 aromatic rings. The van der Waals surface area contributed by atoms with Crippen molar-refractivity contribution in [1.29, 1.82) is 0 Å². The van der Waals surface area contributed by atoms with E-state index in [0.29, 0.717) is 18.2 Å². The number of nitrogens with zero attached hydrogens (tertiary/aromatic N) is 4. The van der Waals surface area contributed by atoms with Crippen LogP contribution >= 0.6 is 11.3 Å². The number of anilines is 1. The van der Waals surface area contributed by atoms with Gasteiger partial charge in [-0.15, -0.1) is 0 Å². The Balaban J connectivity index is 1.83. The van der Waals surface area contributed by atoms with Crippen molar-refractivity contribution >= 4 is 27.4 Å². The van der Waals surface area contributed by atoms with Gasteiger partial charge in [-0.1, -0.05) is 19.3 Å². The Bertz CT molecular complexity index is 582. The summed E-state index contributed by atoms with van der Waals surface area (Å²) < 4.78 is 0. The number of carbonyl (C=O) groups excluding carboxylic acids is 1. The monoisotopic (exact) mass is 324 g/mol. The Morgan fingerprint density at radius 3 is 2.68 bits per heavy atom. The number of hydrogen-bond donors (Lipinski definition) is 0. The minimum atomic E-state index is -0.399. The lowest BCUT2D eigenvalue weighted by Gasteiger charge is -2.52. The molecule has 22 heavy (non-hydrogen) atoms. The standard InChI is InChI=1S/C14H20N4O3S/c1-11(19)17-8-7-16(10-14(17)5-3-2-4-6-14)13-15-9-12(22-13)18(20)21/h9H,2-8,10H2,1H3. The fourth-order valence-corrected chi connectivity index (χ4v) is 4.51. The number of aromatic nitrogens is 1. The van der Waals surface area contributed by atoms with Crippen molar-refractivity contribution in [2.75, 3.05) is 24.5 Å². The quantitative estimate of drug-likeness (QED) is 0.616. The van der Waals surface area contributed by atoms with Crippen molar-refractivity contribution in [1.82, 2.24) is 9.88 Å². The van der Waals surface area contributed by atoms with Gasteiger partial charge in [0.1, 0.15) is 6.20 Å². The molecule has 1 saturated heterocycles. The van der Waals surface area contributed by atoms with Gasteiger partial charge in [-0.25, -0.2) is 4.98 Å². The highest BCUT2D eigenvalue weighted by atomic mass is 32.1. The molecule has 1 aliphatic carbocycles. The first-order valence-electron chi connectivity index (χ1n) is 7.65. The zero-order valence-electron chi connectivity index (χ0n) is 12.7. The van der Waals surface area contributed by atoms with Crippen LogP contribution in [0.4, 0.5) is 10.1 Å². The number of piperazine rings is 1. The second kappa shape index (κ2) is 5.83. The first-order chi connectivity index (χ1) is 10.5. The summed E-state index contributed by atoms with van der Waals surface area (Å²) in [6.45, 7) is 3.73. The fraction of sp³-hybridized carbons (Fsp3) is 0.714. The molecule has 1 saturated carbocycles. The van der Waals surface area contributed by atoms with Crippen molar-refractivity contribution in [3.8, 4) is 0 Å². The van der Waals surface area contributed by atoms with Gasteiger partial charge in [0.2, 0.25) is 5.91 Å². The normalized spacial score (nSPS) is 21.1. The Morgan fingerprint density at radius 2 is 2.09 bits per heavy atom. The first kappa shape index (κ1) is 15.2. The summed E-state index contributed by atoms with van der Waals surface area (Å²) in [6.07, 6.45) is 6.83. The van der Waals surface area contributed by atoms with Gasteiger partial charge in [0.15, 0.2) is 5.13 Å². The third kappa shape index (κ3) is 2.67. The molecule has 0 radical (unpaired) electrons. The first-order valence-corrected chi connectivity index (χ1v) is 8.47. The summed E-state index contributed by atoms with van der Waals surface area (Å²) in [6, 6.07) is 0. The number of thiazole rings is 1. The Labute approximate surface area is 133 Å². The highest BCUT2D eigenvalue weighted by Crippen LogP contribution is 2.39. The Kier molecular flexibility index (Phi) is 4.03. The molecule has 0 atom stereocenters. The average Bonchev–Trinajstić information content (AvgIpc) is 2.97. The lowest BCUT2D eigenvalue weighted by molar-refractivity contribution is -0.380. The number of nitro groups is 1. The molecule has 0 unspecified atom stereocenters. The molecule has 0 bridgehead atoms. The molecular weight excluding hydrogens is 304 g/mol. The van der Waals surface area contributed by atoms with Crippen LogP contribution in [0.2, 0.25) is 0 Å². The third-order valence-corrected chi connectivity index (χ3v) is 5.76. The SMILES string of the molecule is CC(=O)N1CCN(c2ncc([N+](=O)[O-])s2)CC12CCCCC2. The second-order valence-electron chi connectivity index (χ2n) is 6.12. The zero-order valence-corrected chi connectivity index (χ0v) is 13.5. The van der Waals surface area contributed by atoms with Crippen LogP contribution in [0.1, 0.15) is 39.0 Å². The molecule has 2 heterocycles. The van der Waals surface area contributed by atoms with E-state index >= 15 is 0 Å². The minimum absolute atomic E-state index is 0.0710. The van der Waals surface area contributed by atoms with Gasteiger partial charge in [0, 0.05) is 26.6 Å². The summed E-state index contributed by atoms with van der Waals surface area (Å²) in [5.74, 6) is 0.131. The summed E-state index contributed by atoms with van der Waals surface area (Å²) in [7, 11) is 0. The summed E-state index contributed by atoms with van der Waals surface area (Å²) in [5.41, 5.74) is -0.122. The lowest BCUT2D eigenvalue weighted by atomic mass is 9.78. The summed E-state index contributed by atoms with van der Waals surface area (Å²) in [4.78, 5) is 30.8. The average molecular weight is 324 g/mol. The van der Waals surface area contributed by atoms with Crippen LogP contribution in [-0.4, -0.2) is 45.9 Å². The molecule has 7 nitrogen and oxygen atoms in total. The van der Waals surface area contributed by atoms with E-state index in [9.17, 15) is 14.9 Å². The van der Waals surface area contributed by atoms with E-state index in [1.54, 1.807) is 6.92 Å². The zero-order chi connectivity index (χ0) is 15.7. The topological polar surface area (TPSA) is 79.6 Å². The number of carbonyl (C=O) groups is 1. The molecule has 8 heteroatoms. The molecule has 3 rings (SSSR count). The van der Waals surface area contributed by atoms with Crippen molar-refractivity contribution in [2.45, 2.75) is 44.6 Å². The van der Waals surface area contributed by atoms with Crippen LogP contribution < -0.4 is 4.90 Å². The largest absolute Gasteiger partial charge is 0.345 e. The molecule has 2 aliphatic rings. The lowest BCUT2D eigenvalue weighted by Crippen LogP contribution is -2.64. The van der Waals surface area contributed by atoms with Gasteiger partial charge in [-0.05, 0) is 24.2 Å². The van der Waals surface area contributed by atoms with Crippen LogP contribution in [-0.2, 0) is 4.79 Å². The van der Waals surface area contributed by atoms with E-state index in [1.807, 2.05) is 4.90 Å². The number of hydrogen-bond acceptors (Lipinski definition) is 6. The molecule has 1 aliphatic heterocycles. The van der Waals surface area contributed by atoms with Crippen molar-refractivity contribution < 1.29 is 9.72 Å². The van der Waals surface area contributed by atoms with Gasteiger partial charge in [-0.3, -0.25) is 14.9 Å². The number of amides is 1. The van der Waals surface area contributed by atoms with Crippen LogP contribution in [0.15, 0.2) is 6.20 Å². The predicted octanol–water partition coefficient (Wildman–Crippen LogP) is 2.42. The molecule has 1 aromatic heterocycles. The maximum absolute atomic E-state index is 12.0. The Morgan fingerprint density at radius 1 is 1.36 bits per heavy atom. The smallest absolute Gasteiger partial charge is 0.344 e. The maximum atomic E-state index is 12.0. The van der Waals surface area contributed by atoms with Crippen LogP contribution in [0.5, 0.6) is 0 Å². The van der Waals surface area contributed by atoms with Crippen molar-refractivity contribution in [3.63, 3.8) is 0 Å². The van der Waals surface area contributed by atoms with E-state index in [1.165, 1.54) is 12.6 Å². The van der Waals surface area contributed by atoms with Crippen LogP contribution in [0.3, 0.4) is 0 Å². The number of rotatable bonds is 2. The molecule has 1 amide bonds. The van der Waals surface area contributed by atoms with E-state index in [-0.39, 0.29) is 16.4 Å². The summed E-state index contributed by atoms with van der Waals surface area (Å²) in [5, 5.41) is 11.6. The Hall–Kier alpha value is -1.70. The van der Waals surface area contributed by atoms with E-state index in [0.717, 1.165) is 43.6 Å². The predicted molar refractivity (Wildman–Crippen MR) is 84.2 cm³/mol. The van der Waals surface area contributed by atoms with E-state index in [2.05, 4.69) is 9.88 Å². The highest BCUT2D eigenvalue weighted by molar-refractivity contribution is 7.18. The minimum Gasteiger partial charge on any atom is -0.344 e. The molecule has 0 N–H and O–H groups in total. The molecule has 1 spiro atoms. The van der Waals surface area contributed by atoms with Gasteiger partial charge in [-0.2, -0.15) is 0 Å². The molecular formula is C14H20N4O3S.